The summed E-state index contributed by atoms with van der Waals surface area (Å²) in [6.45, 7) is 5.73. The Hall–Kier alpha value is -4.50. The van der Waals surface area contributed by atoms with Crippen molar-refractivity contribution in [1.29, 1.82) is 0 Å². The molecule has 4 aromatic rings. The van der Waals surface area contributed by atoms with Crippen LogP contribution in [0.15, 0.2) is 65.8 Å². The van der Waals surface area contributed by atoms with Crippen LogP contribution >= 0.6 is 0 Å². The van der Waals surface area contributed by atoms with Crippen LogP contribution in [0, 0.1) is 5.92 Å². The summed E-state index contributed by atoms with van der Waals surface area (Å²) >= 11 is 0. The van der Waals surface area contributed by atoms with E-state index < -0.39 is 12.1 Å². The summed E-state index contributed by atoms with van der Waals surface area (Å²) in [5, 5.41) is 8.67. The number of fused-ring (bicyclic) bond motifs is 2. The Labute approximate surface area is 269 Å². The van der Waals surface area contributed by atoms with Gasteiger partial charge in [-0.2, -0.15) is 0 Å². The van der Waals surface area contributed by atoms with Crippen LogP contribution in [0.1, 0.15) is 69.8 Å². The van der Waals surface area contributed by atoms with E-state index in [2.05, 4.69) is 70.2 Å². The lowest BCUT2D eigenvalue weighted by atomic mass is 9.94. The molecule has 3 N–H and O–H groups in total. The van der Waals surface area contributed by atoms with Gasteiger partial charge in [-0.05, 0) is 95.4 Å². The number of allylic oxidation sites excluding steroid dienone is 1. The fourth-order valence-electron chi connectivity index (χ4n) is 7.17. The van der Waals surface area contributed by atoms with Gasteiger partial charge >= 0.3 is 6.09 Å². The largest absolute Gasteiger partial charge is 0.453 e. The number of rotatable bonds is 8. The summed E-state index contributed by atoms with van der Waals surface area (Å²) in [7, 11) is 1.32. The maximum atomic E-state index is 13.7. The number of benzene rings is 3. The zero-order valence-corrected chi connectivity index (χ0v) is 26.8. The van der Waals surface area contributed by atoms with Crippen molar-refractivity contribution in [2.45, 2.75) is 70.5 Å². The molecule has 0 unspecified atom stereocenters. The number of H-pyrrole nitrogens is 1. The summed E-state index contributed by atoms with van der Waals surface area (Å²) in [6, 6.07) is 19.3. The van der Waals surface area contributed by atoms with Gasteiger partial charge in [0.25, 0.3) is 0 Å². The van der Waals surface area contributed by atoms with E-state index in [1.54, 1.807) is 0 Å². The van der Waals surface area contributed by atoms with Crippen molar-refractivity contribution in [2.75, 3.05) is 20.2 Å². The molecule has 4 heterocycles. The fraction of sp³-hybridized carbons (Fsp3) is 0.405. The molecule has 2 fully saturated rings. The molecule has 0 saturated carbocycles. The first kappa shape index (κ1) is 30.2. The van der Waals surface area contributed by atoms with Crippen molar-refractivity contribution >= 4 is 45.1 Å². The van der Waals surface area contributed by atoms with E-state index in [9.17, 15) is 9.59 Å². The number of amides is 2. The Balaban J connectivity index is 1.05. The third-order valence-electron chi connectivity index (χ3n) is 10.1. The van der Waals surface area contributed by atoms with Gasteiger partial charge in [0.15, 0.2) is 0 Å². The van der Waals surface area contributed by atoms with Crippen LogP contribution < -0.4 is 10.6 Å². The highest BCUT2D eigenvalue weighted by atomic mass is 16.5. The zero-order chi connectivity index (χ0) is 31.8. The molecular weight excluding hydrogens is 576 g/mol. The number of aromatic amines is 1. The molecule has 9 nitrogen and oxygen atoms in total. The summed E-state index contributed by atoms with van der Waals surface area (Å²) < 4.78 is 4.81. The van der Waals surface area contributed by atoms with E-state index in [4.69, 9.17) is 14.7 Å². The standard InChI is InChI=1S/C37H42N6O3/c1-4-22(2)34(42-37(45)46-3)36(44)43-16-6-8-33(43)32-20-28(21-39-32)26-12-11-23-17-25(10-9-24(23)18-26)27-13-14-29-31(19-27)41-35(40-29)30-7-5-15-38-30/h9-14,17-19,21-22,30,33-34,38H,4-8,15-16,20H2,1-3H3,(H,40,41)(H,42,45)/t22-,30-,33-,34-/m0/s1. The van der Waals surface area contributed by atoms with Gasteiger partial charge in [0.1, 0.15) is 11.9 Å². The van der Waals surface area contributed by atoms with Gasteiger partial charge in [-0.1, -0.05) is 50.6 Å². The lowest BCUT2D eigenvalue weighted by Gasteiger charge is -2.31. The van der Waals surface area contributed by atoms with Crippen molar-refractivity contribution < 1.29 is 14.3 Å². The molecule has 4 atom stereocenters. The Bertz CT molecular complexity index is 1850. The van der Waals surface area contributed by atoms with Gasteiger partial charge in [-0.25, -0.2) is 9.78 Å². The van der Waals surface area contributed by atoms with Gasteiger partial charge in [0.05, 0.1) is 30.2 Å². The summed E-state index contributed by atoms with van der Waals surface area (Å²) in [5.41, 5.74) is 7.72. The fourth-order valence-corrected chi connectivity index (χ4v) is 7.17. The Morgan fingerprint density at radius 3 is 2.54 bits per heavy atom. The molecular formula is C37H42N6O3. The number of carbonyl (C=O) groups excluding carboxylic acids is 2. The van der Waals surface area contributed by atoms with E-state index in [-0.39, 0.29) is 17.9 Å². The van der Waals surface area contributed by atoms with Crippen LogP contribution in [0.25, 0.3) is 38.5 Å². The number of carbonyl (C=O) groups is 2. The van der Waals surface area contributed by atoms with Crippen molar-refractivity contribution in [3.63, 3.8) is 0 Å². The monoisotopic (exact) mass is 618 g/mol. The van der Waals surface area contributed by atoms with Crippen LogP contribution in [0.5, 0.6) is 0 Å². The minimum absolute atomic E-state index is 0.00876. The van der Waals surface area contributed by atoms with Gasteiger partial charge in [-0.3, -0.25) is 9.79 Å². The number of aromatic nitrogens is 2. The minimum Gasteiger partial charge on any atom is -0.453 e. The second kappa shape index (κ2) is 12.7. The molecule has 0 spiro atoms. The van der Waals surface area contributed by atoms with Crippen LogP contribution in [0.4, 0.5) is 4.79 Å². The highest BCUT2D eigenvalue weighted by Crippen LogP contribution is 2.34. The third kappa shape index (κ3) is 5.80. The molecule has 1 aromatic heterocycles. The van der Waals surface area contributed by atoms with Crippen molar-refractivity contribution in [3.8, 4) is 11.1 Å². The van der Waals surface area contributed by atoms with Crippen LogP contribution in [0.3, 0.4) is 0 Å². The number of nitrogens with one attached hydrogen (secondary N) is 3. The minimum atomic E-state index is -0.619. The second-order valence-electron chi connectivity index (χ2n) is 12.9. The van der Waals surface area contributed by atoms with E-state index in [0.717, 1.165) is 71.5 Å². The number of hydrogen-bond acceptors (Lipinski definition) is 6. The number of ether oxygens (including phenoxy) is 1. The van der Waals surface area contributed by atoms with Crippen molar-refractivity contribution in [3.05, 3.63) is 72.2 Å². The van der Waals surface area contributed by atoms with E-state index >= 15 is 0 Å². The zero-order valence-electron chi connectivity index (χ0n) is 26.8. The lowest BCUT2D eigenvalue weighted by Crippen LogP contribution is -2.54. The predicted octanol–water partition coefficient (Wildman–Crippen LogP) is 6.75. The number of nitrogens with zero attached hydrogens (tertiary/aromatic N) is 3. The number of imidazole rings is 1. The molecule has 238 valence electrons. The number of aliphatic imine (C=N–C) groups is 1. The maximum Gasteiger partial charge on any atom is 0.407 e. The predicted molar refractivity (Wildman–Crippen MR) is 183 cm³/mol. The lowest BCUT2D eigenvalue weighted by molar-refractivity contribution is -0.134. The van der Waals surface area contributed by atoms with Crippen LogP contribution in [-0.2, 0) is 9.53 Å². The smallest absolute Gasteiger partial charge is 0.407 e. The number of alkyl carbamates (subject to hydrolysis) is 1. The van der Waals surface area contributed by atoms with E-state index in [0.29, 0.717) is 19.0 Å². The first-order valence-electron chi connectivity index (χ1n) is 16.6. The van der Waals surface area contributed by atoms with E-state index in [1.165, 1.54) is 29.9 Å². The number of likely N-dealkylation sites (tertiary alicyclic amines) is 1. The normalized spacial score (nSPS) is 21.0. The maximum absolute atomic E-state index is 13.7. The first-order valence-corrected chi connectivity index (χ1v) is 16.6. The Morgan fingerprint density at radius 1 is 1.02 bits per heavy atom. The number of methoxy groups -OCH3 is 1. The quantitative estimate of drug-likeness (QED) is 0.202. The SMILES string of the molecule is CC[C@H](C)[C@H](NC(=O)OC)C(=O)N1CCC[C@H]1C1=NC=C(c2ccc3cc(-c4ccc5nc([C@@H]6CCCN6)[nH]c5c4)ccc3c2)C1. The first-order chi connectivity index (χ1) is 22.4. The van der Waals surface area contributed by atoms with Gasteiger partial charge in [0.2, 0.25) is 5.91 Å². The van der Waals surface area contributed by atoms with Crippen molar-refractivity contribution in [2.24, 2.45) is 10.9 Å². The highest BCUT2D eigenvalue weighted by molar-refractivity contribution is 6.04. The molecule has 9 heteroatoms. The highest BCUT2D eigenvalue weighted by Gasteiger charge is 2.39. The molecule has 2 saturated heterocycles. The molecule has 7 rings (SSSR count). The average molecular weight is 619 g/mol. The average Bonchev–Trinajstić information content (AvgIpc) is 3.91. The molecule has 2 amide bonds. The molecule has 46 heavy (non-hydrogen) atoms. The Kier molecular flexibility index (Phi) is 8.34. The molecule has 3 aromatic carbocycles. The molecule has 0 radical (unpaired) electrons. The molecule has 0 bridgehead atoms. The molecule has 0 aliphatic carbocycles. The van der Waals surface area contributed by atoms with Crippen molar-refractivity contribution in [1.82, 2.24) is 25.5 Å². The molecule has 3 aliphatic heterocycles. The molecule has 3 aliphatic rings. The summed E-state index contributed by atoms with van der Waals surface area (Å²) in [6.07, 6.45) is 6.96. The van der Waals surface area contributed by atoms with E-state index in [1.807, 2.05) is 24.9 Å². The number of hydrogen-bond donors (Lipinski definition) is 3. The van der Waals surface area contributed by atoms with Crippen LogP contribution in [-0.4, -0.2) is 64.9 Å². The summed E-state index contributed by atoms with van der Waals surface area (Å²) in [4.78, 5) is 40.8. The second-order valence-corrected chi connectivity index (χ2v) is 12.9. The van der Waals surface area contributed by atoms with Gasteiger partial charge < -0.3 is 25.3 Å². The van der Waals surface area contributed by atoms with Gasteiger partial charge in [0, 0.05) is 24.9 Å². The van der Waals surface area contributed by atoms with Crippen LogP contribution in [0.2, 0.25) is 0 Å². The summed E-state index contributed by atoms with van der Waals surface area (Å²) in [5.74, 6) is 0.963. The van der Waals surface area contributed by atoms with Gasteiger partial charge in [-0.15, -0.1) is 0 Å². The third-order valence-corrected chi connectivity index (χ3v) is 10.1. The topological polar surface area (TPSA) is 112 Å². The Morgan fingerprint density at radius 2 is 1.78 bits per heavy atom.